The molecule has 0 fully saturated rings. The van der Waals surface area contributed by atoms with Crippen molar-refractivity contribution in [1.82, 2.24) is 4.98 Å². The molecule has 1 aromatic rings. The van der Waals surface area contributed by atoms with Crippen molar-refractivity contribution >= 4 is 34.2 Å². The van der Waals surface area contributed by atoms with Crippen molar-refractivity contribution < 1.29 is 9.90 Å². The lowest BCUT2D eigenvalue weighted by Crippen LogP contribution is -2.20. The zero-order valence-electron chi connectivity index (χ0n) is 8.06. The fourth-order valence-electron chi connectivity index (χ4n) is 0.862. The molecule has 0 aliphatic carbocycles. The van der Waals surface area contributed by atoms with Gasteiger partial charge in [-0.2, -0.15) is 11.8 Å². The maximum Gasteiger partial charge on any atom is 0.355 e. The molecule has 4 nitrogen and oxygen atoms in total. The highest BCUT2D eigenvalue weighted by Crippen LogP contribution is 2.19. The number of carboxylic acid groups (broad SMARTS) is 1. The van der Waals surface area contributed by atoms with Crippen molar-refractivity contribution in [2.45, 2.75) is 0 Å². The molecule has 1 rings (SSSR count). The molecule has 1 heterocycles. The van der Waals surface area contributed by atoms with Crippen molar-refractivity contribution in [3.8, 4) is 0 Å². The Bertz CT molecular complexity index is 314. The van der Waals surface area contributed by atoms with Crippen molar-refractivity contribution in [2.75, 3.05) is 30.5 Å². The lowest BCUT2D eigenvalue weighted by molar-refractivity contribution is 0.0691. The summed E-state index contributed by atoms with van der Waals surface area (Å²) in [6.07, 6.45) is 2.04. The lowest BCUT2D eigenvalue weighted by atomic mass is 10.5. The number of aromatic carboxylic acids is 1. The van der Waals surface area contributed by atoms with Gasteiger partial charge in [0, 0.05) is 24.7 Å². The molecule has 0 saturated heterocycles. The van der Waals surface area contributed by atoms with E-state index in [0.717, 1.165) is 17.4 Å². The smallest absolute Gasteiger partial charge is 0.355 e. The first kappa shape index (κ1) is 11.3. The van der Waals surface area contributed by atoms with Crippen LogP contribution in [0.25, 0.3) is 0 Å². The third-order valence-electron chi connectivity index (χ3n) is 1.67. The summed E-state index contributed by atoms with van der Waals surface area (Å²) in [6.45, 7) is 0.883. The number of carbonyl (C=O) groups is 1. The summed E-state index contributed by atoms with van der Waals surface area (Å²) >= 11 is 3.12. The van der Waals surface area contributed by atoms with Crippen LogP contribution in [0, 0.1) is 0 Å². The maximum absolute atomic E-state index is 10.6. The Morgan fingerprint density at radius 1 is 1.79 bits per heavy atom. The van der Waals surface area contributed by atoms with Crippen LogP contribution in [0.4, 0.5) is 5.13 Å². The summed E-state index contributed by atoms with van der Waals surface area (Å²) in [5.74, 6) is 0.0455. The van der Waals surface area contributed by atoms with Gasteiger partial charge < -0.3 is 10.0 Å². The highest BCUT2D eigenvalue weighted by atomic mass is 32.2. The predicted octanol–water partition coefficient (Wildman–Crippen LogP) is 1.64. The molecule has 14 heavy (non-hydrogen) atoms. The van der Waals surface area contributed by atoms with Crippen molar-refractivity contribution in [3.05, 3.63) is 11.1 Å². The van der Waals surface area contributed by atoms with E-state index in [1.54, 1.807) is 17.1 Å². The van der Waals surface area contributed by atoms with Crippen LogP contribution in [0.3, 0.4) is 0 Å². The first-order valence-corrected chi connectivity index (χ1v) is 6.31. The lowest BCUT2D eigenvalue weighted by Gasteiger charge is -2.13. The Balaban J connectivity index is 2.61. The maximum atomic E-state index is 10.6. The molecule has 0 atom stereocenters. The summed E-state index contributed by atoms with van der Waals surface area (Å²) in [4.78, 5) is 16.5. The molecule has 0 unspecified atom stereocenters. The van der Waals surface area contributed by atoms with E-state index >= 15 is 0 Å². The van der Waals surface area contributed by atoms with E-state index in [9.17, 15) is 4.79 Å². The molecule has 0 amide bonds. The van der Waals surface area contributed by atoms with Gasteiger partial charge >= 0.3 is 5.97 Å². The van der Waals surface area contributed by atoms with E-state index in [0.29, 0.717) is 0 Å². The topological polar surface area (TPSA) is 53.4 Å². The fourth-order valence-corrected chi connectivity index (χ4v) is 2.11. The van der Waals surface area contributed by atoms with Crippen molar-refractivity contribution in [2.24, 2.45) is 0 Å². The van der Waals surface area contributed by atoms with Crippen LogP contribution in [0.2, 0.25) is 0 Å². The van der Waals surface area contributed by atoms with Gasteiger partial charge in [-0.3, -0.25) is 0 Å². The predicted molar refractivity (Wildman–Crippen MR) is 60.7 cm³/mol. The van der Waals surface area contributed by atoms with Gasteiger partial charge in [-0.15, -0.1) is 11.3 Å². The average Bonchev–Trinajstić information content (AvgIpc) is 2.62. The van der Waals surface area contributed by atoms with Crippen LogP contribution in [0.5, 0.6) is 0 Å². The van der Waals surface area contributed by atoms with Crippen LogP contribution in [0.15, 0.2) is 5.38 Å². The Kier molecular flexibility index (Phi) is 4.21. The Morgan fingerprint density at radius 3 is 3.00 bits per heavy atom. The van der Waals surface area contributed by atoms with Crippen molar-refractivity contribution in [3.63, 3.8) is 0 Å². The normalized spacial score (nSPS) is 10.1. The second kappa shape index (κ2) is 5.21. The van der Waals surface area contributed by atoms with Gasteiger partial charge in [0.1, 0.15) is 0 Å². The second-order valence-electron chi connectivity index (χ2n) is 2.73. The third-order valence-corrected chi connectivity index (χ3v) is 3.21. The van der Waals surface area contributed by atoms with Gasteiger partial charge in [0.05, 0.1) is 0 Å². The number of nitrogens with zero attached hydrogens (tertiary/aromatic N) is 2. The number of rotatable bonds is 5. The molecule has 1 N–H and O–H groups in total. The van der Waals surface area contributed by atoms with E-state index in [4.69, 9.17) is 5.11 Å². The van der Waals surface area contributed by atoms with Gasteiger partial charge in [-0.05, 0) is 6.26 Å². The van der Waals surface area contributed by atoms with Gasteiger partial charge in [0.15, 0.2) is 10.8 Å². The van der Waals surface area contributed by atoms with E-state index in [2.05, 4.69) is 4.98 Å². The van der Waals surface area contributed by atoms with Gasteiger partial charge in [0.25, 0.3) is 0 Å². The molecule has 0 aliphatic heterocycles. The first-order valence-electron chi connectivity index (χ1n) is 4.04. The molecule has 78 valence electrons. The third kappa shape index (κ3) is 2.88. The summed E-state index contributed by atoms with van der Waals surface area (Å²) < 4.78 is 0. The molecule has 0 bridgehead atoms. The van der Waals surface area contributed by atoms with E-state index in [-0.39, 0.29) is 5.69 Å². The minimum Gasteiger partial charge on any atom is -0.476 e. The first-order chi connectivity index (χ1) is 6.65. The average molecular weight is 232 g/mol. The Morgan fingerprint density at radius 2 is 2.50 bits per heavy atom. The SMILES string of the molecule is CSCCN(C)c1nc(C(=O)O)cs1. The molecule has 0 aromatic carbocycles. The summed E-state index contributed by atoms with van der Waals surface area (Å²) in [5.41, 5.74) is 0.126. The number of hydrogen-bond acceptors (Lipinski definition) is 5. The van der Waals surface area contributed by atoms with E-state index in [1.165, 1.54) is 11.3 Å². The molecule has 0 aliphatic rings. The van der Waals surface area contributed by atoms with Gasteiger partial charge in [0.2, 0.25) is 0 Å². The van der Waals surface area contributed by atoms with Crippen molar-refractivity contribution in [1.29, 1.82) is 0 Å². The Labute approximate surface area is 91.0 Å². The van der Waals surface area contributed by atoms with Gasteiger partial charge in [-0.25, -0.2) is 9.78 Å². The number of carboxylic acids is 1. The number of hydrogen-bond donors (Lipinski definition) is 1. The highest BCUT2D eigenvalue weighted by molar-refractivity contribution is 7.98. The van der Waals surface area contributed by atoms with E-state index < -0.39 is 5.97 Å². The van der Waals surface area contributed by atoms with Crippen LogP contribution >= 0.6 is 23.1 Å². The second-order valence-corrected chi connectivity index (χ2v) is 4.56. The zero-order valence-corrected chi connectivity index (χ0v) is 9.69. The zero-order chi connectivity index (χ0) is 10.6. The molecular weight excluding hydrogens is 220 g/mol. The summed E-state index contributed by atoms with van der Waals surface area (Å²) in [7, 11) is 1.92. The number of thioether (sulfide) groups is 1. The quantitative estimate of drug-likeness (QED) is 0.836. The number of aromatic nitrogens is 1. The van der Waals surface area contributed by atoms with E-state index in [1.807, 2.05) is 18.2 Å². The number of thiazole rings is 1. The minimum absolute atomic E-state index is 0.126. The summed E-state index contributed by atoms with van der Waals surface area (Å²) in [5, 5.41) is 11.0. The van der Waals surface area contributed by atoms with Crippen LogP contribution in [-0.4, -0.2) is 41.7 Å². The van der Waals surface area contributed by atoms with Gasteiger partial charge in [-0.1, -0.05) is 0 Å². The highest BCUT2D eigenvalue weighted by Gasteiger charge is 2.10. The standard InChI is InChI=1S/C8H12N2O2S2/c1-10(3-4-13-2)8-9-6(5-14-8)7(11)12/h5H,3-4H2,1-2H3,(H,11,12). The molecule has 0 spiro atoms. The molecule has 6 heteroatoms. The van der Waals surface area contributed by atoms with Crippen LogP contribution in [-0.2, 0) is 0 Å². The molecule has 0 saturated carbocycles. The van der Waals surface area contributed by atoms with Crippen LogP contribution < -0.4 is 4.90 Å². The molecular formula is C8H12N2O2S2. The monoisotopic (exact) mass is 232 g/mol. The number of anilines is 1. The van der Waals surface area contributed by atoms with Crippen LogP contribution in [0.1, 0.15) is 10.5 Å². The summed E-state index contributed by atoms with van der Waals surface area (Å²) in [6, 6.07) is 0. The Hall–Kier alpha value is -0.750. The fraction of sp³-hybridized carbons (Fsp3) is 0.500. The molecule has 0 radical (unpaired) electrons. The minimum atomic E-state index is -0.967. The molecule has 1 aromatic heterocycles. The largest absolute Gasteiger partial charge is 0.476 e.